The molecule has 0 bridgehead atoms. The first-order chi connectivity index (χ1) is 7.57. The van der Waals surface area contributed by atoms with Crippen LogP contribution < -0.4 is 5.32 Å². The van der Waals surface area contributed by atoms with Crippen LogP contribution in [0.3, 0.4) is 0 Å². The highest BCUT2D eigenvalue weighted by Crippen LogP contribution is 2.23. The molecular weight excluding hydrogens is 208 g/mol. The third kappa shape index (κ3) is 3.01. The fourth-order valence-electron chi connectivity index (χ4n) is 1.69. The summed E-state index contributed by atoms with van der Waals surface area (Å²) in [6, 6.07) is 4.48. The van der Waals surface area contributed by atoms with E-state index in [0.29, 0.717) is 5.56 Å². The lowest BCUT2D eigenvalue weighted by Crippen LogP contribution is -2.31. The van der Waals surface area contributed by atoms with Crippen LogP contribution in [0.1, 0.15) is 38.7 Å². The molecule has 0 saturated carbocycles. The molecule has 1 aromatic carbocycles. The summed E-state index contributed by atoms with van der Waals surface area (Å²) in [7, 11) is 0. The predicted molar refractivity (Wildman–Crippen MR) is 62.5 cm³/mol. The Morgan fingerprint density at radius 2 is 1.94 bits per heavy atom. The van der Waals surface area contributed by atoms with E-state index >= 15 is 0 Å². The minimum absolute atomic E-state index is 0.0396. The zero-order valence-electron chi connectivity index (χ0n) is 10.1. The van der Waals surface area contributed by atoms with Crippen molar-refractivity contribution in [3.63, 3.8) is 0 Å². The maximum Gasteiger partial charge on any atom is 0.162 e. The average Bonchev–Trinajstić information content (AvgIpc) is 2.28. The summed E-state index contributed by atoms with van der Waals surface area (Å²) in [6.45, 7) is 6.87. The van der Waals surface area contributed by atoms with Crippen molar-refractivity contribution in [3.05, 3.63) is 35.4 Å². The summed E-state index contributed by atoms with van der Waals surface area (Å²) >= 11 is 0. The van der Waals surface area contributed by atoms with Crippen LogP contribution >= 0.6 is 0 Å². The third-order valence-corrected chi connectivity index (χ3v) is 2.94. The van der Waals surface area contributed by atoms with Crippen LogP contribution in [0.25, 0.3) is 0 Å². The molecule has 2 unspecified atom stereocenters. The Labute approximate surface area is 95.9 Å². The van der Waals surface area contributed by atoms with Crippen molar-refractivity contribution in [2.45, 2.75) is 39.2 Å². The van der Waals surface area contributed by atoms with Gasteiger partial charge in [-0.2, -0.15) is 0 Å². The van der Waals surface area contributed by atoms with Gasteiger partial charge >= 0.3 is 0 Å². The van der Waals surface area contributed by atoms with Gasteiger partial charge < -0.3 is 5.32 Å². The Morgan fingerprint density at radius 1 is 1.25 bits per heavy atom. The molecule has 1 N–H and O–H groups in total. The molecule has 1 nitrogen and oxygen atoms in total. The monoisotopic (exact) mass is 227 g/mol. The first-order valence-corrected chi connectivity index (χ1v) is 5.75. The fourth-order valence-corrected chi connectivity index (χ4v) is 1.69. The maximum absolute atomic E-state index is 13.5. The molecule has 0 radical (unpaired) electrons. The van der Waals surface area contributed by atoms with Crippen molar-refractivity contribution in [1.82, 2.24) is 5.32 Å². The van der Waals surface area contributed by atoms with E-state index < -0.39 is 11.6 Å². The molecule has 0 aliphatic heterocycles. The second-order valence-electron chi connectivity index (χ2n) is 4.17. The van der Waals surface area contributed by atoms with Crippen LogP contribution in [0.2, 0.25) is 0 Å². The summed E-state index contributed by atoms with van der Waals surface area (Å²) in [6.07, 6.45) is 1.03. The summed E-state index contributed by atoms with van der Waals surface area (Å²) in [5.74, 6) is -1.53. The van der Waals surface area contributed by atoms with Gasteiger partial charge in [-0.05, 0) is 37.4 Å². The normalized spacial score (nSPS) is 14.8. The molecule has 1 aromatic rings. The van der Waals surface area contributed by atoms with Gasteiger partial charge in [0.2, 0.25) is 0 Å². The van der Waals surface area contributed by atoms with Crippen molar-refractivity contribution < 1.29 is 8.78 Å². The Morgan fingerprint density at radius 3 is 2.56 bits per heavy atom. The minimum Gasteiger partial charge on any atom is -0.314 e. The van der Waals surface area contributed by atoms with Gasteiger partial charge in [-0.25, -0.2) is 8.78 Å². The highest BCUT2D eigenvalue weighted by Gasteiger charge is 2.18. The number of halogens is 2. The number of nitrogens with one attached hydrogen (secondary N) is 1. The van der Waals surface area contributed by atoms with E-state index in [-0.39, 0.29) is 12.0 Å². The van der Waals surface area contributed by atoms with E-state index in [2.05, 4.69) is 12.2 Å². The summed E-state index contributed by atoms with van der Waals surface area (Å²) < 4.78 is 26.6. The van der Waals surface area contributed by atoms with Gasteiger partial charge in [0.1, 0.15) is 0 Å². The van der Waals surface area contributed by atoms with Crippen molar-refractivity contribution in [2.24, 2.45) is 0 Å². The molecule has 0 spiro atoms. The van der Waals surface area contributed by atoms with Crippen molar-refractivity contribution in [2.75, 3.05) is 6.54 Å². The van der Waals surface area contributed by atoms with Crippen LogP contribution in [-0.4, -0.2) is 12.6 Å². The fraction of sp³-hybridized carbons (Fsp3) is 0.538. The van der Waals surface area contributed by atoms with E-state index in [4.69, 9.17) is 0 Å². The van der Waals surface area contributed by atoms with Gasteiger partial charge in [-0.1, -0.05) is 26.0 Å². The quantitative estimate of drug-likeness (QED) is 0.812. The smallest absolute Gasteiger partial charge is 0.162 e. The molecule has 0 aliphatic carbocycles. The standard InChI is InChI=1S/C13H19F2N/c1-4-8-16-10(3)9(2)11-6-5-7-12(14)13(11)15/h5-7,9-10,16H,4,8H2,1-3H3. The molecule has 2 atom stereocenters. The highest BCUT2D eigenvalue weighted by molar-refractivity contribution is 5.23. The van der Waals surface area contributed by atoms with Gasteiger partial charge in [-0.3, -0.25) is 0 Å². The molecule has 1 rings (SSSR count). The second kappa shape index (κ2) is 5.94. The van der Waals surface area contributed by atoms with Gasteiger partial charge in [0.15, 0.2) is 11.6 Å². The SMILES string of the molecule is CCCNC(C)C(C)c1cccc(F)c1F. The molecule has 0 amide bonds. The van der Waals surface area contributed by atoms with E-state index in [1.165, 1.54) is 0 Å². The van der Waals surface area contributed by atoms with E-state index in [9.17, 15) is 8.78 Å². The van der Waals surface area contributed by atoms with Crippen molar-refractivity contribution in [3.8, 4) is 0 Å². The molecule has 0 aromatic heterocycles. The lowest BCUT2D eigenvalue weighted by atomic mass is 9.93. The van der Waals surface area contributed by atoms with E-state index in [1.54, 1.807) is 12.1 Å². The molecule has 0 fully saturated rings. The number of hydrogen-bond acceptors (Lipinski definition) is 1. The number of rotatable bonds is 5. The van der Waals surface area contributed by atoms with Crippen LogP contribution in [-0.2, 0) is 0 Å². The molecule has 0 saturated heterocycles. The first kappa shape index (κ1) is 13.1. The second-order valence-corrected chi connectivity index (χ2v) is 4.17. The summed E-state index contributed by atoms with van der Waals surface area (Å²) in [5.41, 5.74) is 0.441. The Hall–Kier alpha value is -0.960. The Balaban J connectivity index is 2.79. The number of hydrogen-bond donors (Lipinski definition) is 1. The molecule has 16 heavy (non-hydrogen) atoms. The number of benzene rings is 1. The van der Waals surface area contributed by atoms with E-state index in [0.717, 1.165) is 19.0 Å². The first-order valence-electron chi connectivity index (χ1n) is 5.75. The van der Waals surface area contributed by atoms with Crippen LogP contribution in [0.5, 0.6) is 0 Å². The Kier molecular flexibility index (Phi) is 4.87. The van der Waals surface area contributed by atoms with Gasteiger partial charge in [0.25, 0.3) is 0 Å². The van der Waals surface area contributed by atoms with Crippen LogP contribution in [0.15, 0.2) is 18.2 Å². The topological polar surface area (TPSA) is 12.0 Å². The van der Waals surface area contributed by atoms with Crippen molar-refractivity contribution >= 4 is 0 Å². The molecular formula is C13H19F2N. The van der Waals surface area contributed by atoms with Gasteiger partial charge in [-0.15, -0.1) is 0 Å². The zero-order valence-corrected chi connectivity index (χ0v) is 10.1. The average molecular weight is 227 g/mol. The lowest BCUT2D eigenvalue weighted by Gasteiger charge is -2.22. The summed E-state index contributed by atoms with van der Waals surface area (Å²) in [5, 5.41) is 3.29. The highest BCUT2D eigenvalue weighted by atomic mass is 19.2. The largest absolute Gasteiger partial charge is 0.314 e. The molecule has 90 valence electrons. The summed E-state index contributed by atoms with van der Waals surface area (Å²) in [4.78, 5) is 0. The molecule has 0 heterocycles. The van der Waals surface area contributed by atoms with E-state index in [1.807, 2.05) is 13.8 Å². The molecule has 3 heteroatoms. The maximum atomic E-state index is 13.5. The predicted octanol–water partition coefficient (Wildman–Crippen LogP) is 3.46. The zero-order chi connectivity index (χ0) is 12.1. The van der Waals surface area contributed by atoms with Crippen molar-refractivity contribution in [1.29, 1.82) is 0 Å². The van der Waals surface area contributed by atoms with Gasteiger partial charge in [0.05, 0.1) is 0 Å². The minimum atomic E-state index is -0.771. The molecule has 0 aliphatic rings. The Bertz CT molecular complexity index is 339. The van der Waals surface area contributed by atoms with Gasteiger partial charge in [0, 0.05) is 6.04 Å². The third-order valence-electron chi connectivity index (χ3n) is 2.94. The van der Waals surface area contributed by atoms with Crippen LogP contribution in [0, 0.1) is 11.6 Å². The van der Waals surface area contributed by atoms with Crippen LogP contribution in [0.4, 0.5) is 8.78 Å². The lowest BCUT2D eigenvalue weighted by molar-refractivity contribution is 0.445.